The normalized spacial score (nSPS) is 20.7. The summed E-state index contributed by atoms with van der Waals surface area (Å²) in [6.45, 7) is 2.25. The van der Waals surface area contributed by atoms with Crippen LogP contribution in [-0.4, -0.2) is 55.4 Å². The molecule has 0 amide bonds. The van der Waals surface area contributed by atoms with E-state index in [0.29, 0.717) is 13.2 Å². The molecule has 1 aliphatic rings. The summed E-state index contributed by atoms with van der Waals surface area (Å²) in [6, 6.07) is 9.07. The predicted molar refractivity (Wildman–Crippen MR) is 143 cm³/mol. The van der Waals surface area contributed by atoms with Gasteiger partial charge in [0.1, 0.15) is 29.9 Å². The van der Waals surface area contributed by atoms with Gasteiger partial charge < -0.3 is 14.6 Å². The number of alkyl halides is 3. The molecule has 0 aliphatic carbocycles. The van der Waals surface area contributed by atoms with E-state index in [2.05, 4.69) is 10.1 Å². The van der Waals surface area contributed by atoms with Gasteiger partial charge in [0.2, 0.25) is 0 Å². The molecule has 6 nitrogen and oxygen atoms in total. The van der Waals surface area contributed by atoms with Crippen molar-refractivity contribution in [2.75, 3.05) is 13.2 Å². The van der Waals surface area contributed by atoms with Gasteiger partial charge in [0, 0.05) is 21.8 Å². The molecule has 1 aromatic heterocycles. The molecule has 40 heavy (non-hydrogen) atoms. The van der Waals surface area contributed by atoms with Gasteiger partial charge in [0.05, 0.1) is 25.0 Å². The summed E-state index contributed by atoms with van der Waals surface area (Å²) in [7, 11) is 0. The summed E-state index contributed by atoms with van der Waals surface area (Å²) in [4.78, 5) is 3.99. The average Bonchev–Trinajstić information content (AvgIpc) is 3.40. The van der Waals surface area contributed by atoms with E-state index in [1.165, 1.54) is 47.3 Å². The average molecular weight is 600 g/mol. The Kier molecular flexibility index (Phi) is 10.1. The van der Waals surface area contributed by atoms with Crippen LogP contribution >= 0.6 is 23.5 Å². The first-order valence-corrected chi connectivity index (χ1v) is 13.9. The van der Waals surface area contributed by atoms with Crippen molar-refractivity contribution in [1.29, 1.82) is 0 Å². The second-order valence-corrected chi connectivity index (χ2v) is 11.7. The van der Waals surface area contributed by atoms with E-state index in [1.807, 2.05) is 0 Å². The minimum atomic E-state index is -4.32. The van der Waals surface area contributed by atoms with Crippen molar-refractivity contribution in [2.45, 2.75) is 46.3 Å². The van der Waals surface area contributed by atoms with Crippen molar-refractivity contribution in [3.8, 4) is 0 Å². The molecule has 0 unspecified atom stereocenters. The fraction of sp³-hybridized carbons (Fsp3) is 0.333. The first kappa shape index (κ1) is 30.3. The molecule has 0 spiro atoms. The summed E-state index contributed by atoms with van der Waals surface area (Å²) < 4.78 is 78.5. The van der Waals surface area contributed by atoms with Gasteiger partial charge in [-0.2, -0.15) is 18.3 Å². The standard InChI is InChI=1S/C27H26F5N3O3S2/c1-18(26(36,15-35-17-33-16-34-35)23-11-8-20(28)12-24(23)29)39-22-13-37-25(38-14-22)5-3-2-4-19-6-9-21(10-7-19)40-27(30,31)32/h2-12,16-18,22,25,36H,13-15H2,1H3/t18-,22?,25?,26-/m1/s1. The Morgan fingerprint density at radius 2 is 1.82 bits per heavy atom. The Morgan fingerprint density at radius 3 is 2.45 bits per heavy atom. The zero-order chi connectivity index (χ0) is 28.8. The van der Waals surface area contributed by atoms with Crippen molar-refractivity contribution >= 4 is 29.6 Å². The first-order valence-electron chi connectivity index (χ1n) is 12.1. The van der Waals surface area contributed by atoms with Crippen LogP contribution < -0.4 is 0 Å². The lowest BCUT2D eigenvalue weighted by Gasteiger charge is -2.37. The Hall–Kier alpha value is -2.71. The van der Waals surface area contributed by atoms with Crippen LogP contribution in [0.1, 0.15) is 18.1 Å². The molecule has 4 rings (SSSR count). The molecule has 1 aliphatic heterocycles. The maximum atomic E-state index is 14.7. The summed E-state index contributed by atoms with van der Waals surface area (Å²) in [5.74, 6) is -1.61. The quantitative estimate of drug-likeness (QED) is 0.169. The third-order valence-corrected chi connectivity index (χ3v) is 8.21. The van der Waals surface area contributed by atoms with Crippen LogP contribution in [0.15, 0.2) is 78.2 Å². The zero-order valence-electron chi connectivity index (χ0n) is 21.2. The number of thioether (sulfide) groups is 2. The summed E-state index contributed by atoms with van der Waals surface area (Å²) in [5, 5.41) is 14.9. The van der Waals surface area contributed by atoms with Gasteiger partial charge in [-0.15, -0.1) is 11.8 Å². The lowest BCUT2D eigenvalue weighted by molar-refractivity contribution is -0.146. The van der Waals surface area contributed by atoms with Gasteiger partial charge >= 0.3 is 5.51 Å². The molecule has 0 bridgehead atoms. The van der Waals surface area contributed by atoms with E-state index in [4.69, 9.17) is 9.47 Å². The van der Waals surface area contributed by atoms with Crippen molar-refractivity contribution in [2.24, 2.45) is 0 Å². The molecule has 1 saturated heterocycles. The lowest BCUT2D eigenvalue weighted by Crippen LogP contribution is -2.43. The molecule has 0 saturated carbocycles. The fourth-order valence-electron chi connectivity index (χ4n) is 4.03. The Bertz CT molecular complexity index is 1300. The summed E-state index contributed by atoms with van der Waals surface area (Å²) >= 11 is 1.20. The van der Waals surface area contributed by atoms with Gasteiger partial charge in [0.25, 0.3) is 0 Å². The fourth-order valence-corrected chi connectivity index (χ4v) is 5.89. The Balaban J connectivity index is 1.31. The number of rotatable bonds is 10. The van der Waals surface area contributed by atoms with Crippen LogP contribution in [0.25, 0.3) is 6.08 Å². The van der Waals surface area contributed by atoms with Gasteiger partial charge in [-0.25, -0.2) is 18.4 Å². The number of hydrogen-bond donors (Lipinski definition) is 1. The highest BCUT2D eigenvalue weighted by Gasteiger charge is 2.41. The summed E-state index contributed by atoms with van der Waals surface area (Å²) in [6.07, 6.45) is 8.99. The second-order valence-electron chi connectivity index (χ2n) is 8.94. The van der Waals surface area contributed by atoms with Gasteiger partial charge in [-0.3, -0.25) is 0 Å². The first-order chi connectivity index (χ1) is 19.0. The van der Waals surface area contributed by atoms with Gasteiger partial charge in [-0.1, -0.05) is 43.4 Å². The third kappa shape index (κ3) is 8.40. The number of ether oxygens (including phenoxy) is 2. The number of allylic oxidation sites excluding steroid dienone is 2. The van der Waals surface area contributed by atoms with Crippen LogP contribution in [0.4, 0.5) is 22.0 Å². The van der Waals surface area contributed by atoms with Crippen molar-refractivity contribution in [3.63, 3.8) is 0 Å². The van der Waals surface area contributed by atoms with E-state index in [0.717, 1.165) is 17.7 Å². The third-order valence-electron chi connectivity index (χ3n) is 6.01. The van der Waals surface area contributed by atoms with Crippen LogP contribution in [0, 0.1) is 11.6 Å². The minimum Gasteiger partial charge on any atom is -0.382 e. The minimum absolute atomic E-state index is 0.0524. The largest absolute Gasteiger partial charge is 0.446 e. The zero-order valence-corrected chi connectivity index (χ0v) is 22.8. The molecule has 3 aromatic rings. The van der Waals surface area contributed by atoms with Crippen LogP contribution in [0.2, 0.25) is 0 Å². The topological polar surface area (TPSA) is 69.4 Å². The smallest absolute Gasteiger partial charge is 0.382 e. The van der Waals surface area contributed by atoms with Crippen molar-refractivity contribution in [1.82, 2.24) is 14.8 Å². The molecular formula is C27H26F5N3O3S2. The molecule has 2 aromatic carbocycles. The van der Waals surface area contributed by atoms with Gasteiger partial charge in [-0.05, 0) is 41.6 Å². The van der Waals surface area contributed by atoms with E-state index < -0.39 is 34.3 Å². The molecule has 0 radical (unpaired) electrons. The van der Waals surface area contributed by atoms with Crippen LogP contribution in [0.5, 0.6) is 0 Å². The maximum absolute atomic E-state index is 14.7. The van der Waals surface area contributed by atoms with E-state index >= 15 is 0 Å². The number of nitrogens with zero attached hydrogens (tertiary/aromatic N) is 3. The summed E-state index contributed by atoms with van der Waals surface area (Å²) in [5.41, 5.74) is -5.37. The number of benzene rings is 2. The van der Waals surface area contributed by atoms with Crippen LogP contribution in [0.3, 0.4) is 0 Å². The monoisotopic (exact) mass is 599 g/mol. The molecule has 13 heteroatoms. The number of halogens is 5. The second kappa shape index (κ2) is 13.3. The molecule has 1 fully saturated rings. The Morgan fingerprint density at radius 1 is 1.10 bits per heavy atom. The van der Waals surface area contributed by atoms with Gasteiger partial charge in [0.15, 0.2) is 6.29 Å². The highest BCUT2D eigenvalue weighted by atomic mass is 32.2. The van der Waals surface area contributed by atoms with E-state index in [9.17, 15) is 27.1 Å². The molecule has 2 heterocycles. The molecule has 214 valence electrons. The maximum Gasteiger partial charge on any atom is 0.446 e. The number of aromatic nitrogens is 3. The highest BCUT2D eigenvalue weighted by molar-refractivity contribution is 8.00. The Labute approximate surface area is 236 Å². The van der Waals surface area contributed by atoms with Crippen LogP contribution in [-0.2, 0) is 21.6 Å². The van der Waals surface area contributed by atoms with E-state index in [-0.39, 0.29) is 34.0 Å². The number of aliphatic hydroxyl groups is 1. The van der Waals surface area contributed by atoms with Crippen molar-refractivity contribution in [3.05, 3.63) is 96.1 Å². The predicted octanol–water partition coefficient (Wildman–Crippen LogP) is 6.19. The number of hydrogen-bond acceptors (Lipinski definition) is 7. The van der Waals surface area contributed by atoms with Crippen molar-refractivity contribution < 1.29 is 36.5 Å². The van der Waals surface area contributed by atoms with E-state index in [1.54, 1.807) is 43.4 Å². The molecule has 1 N–H and O–H groups in total. The molecule has 2 atom stereocenters. The SMILES string of the molecule is C[C@@H](SC1COC(C=CC=Cc2ccc(SC(F)(F)F)cc2)OC1)[C@](O)(Cn1cncn1)c1ccc(F)cc1F. The highest BCUT2D eigenvalue weighted by Crippen LogP contribution is 2.39. The molecular weight excluding hydrogens is 573 g/mol. The lowest BCUT2D eigenvalue weighted by atomic mass is 9.90.